The van der Waals surface area contributed by atoms with Crippen LogP contribution in [0.25, 0.3) is 16.2 Å². The van der Waals surface area contributed by atoms with Crippen LogP contribution in [0.5, 0.6) is 5.75 Å². The van der Waals surface area contributed by atoms with Gasteiger partial charge in [-0.05, 0) is 30.7 Å². The minimum absolute atomic E-state index is 0.107. The highest BCUT2D eigenvalue weighted by Crippen LogP contribution is 2.39. The molecule has 1 aliphatic heterocycles. The third-order valence-electron chi connectivity index (χ3n) is 6.09. The molecule has 0 spiro atoms. The van der Waals surface area contributed by atoms with Crippen LogP contribution in [-0.2, 0) is 22.5 Å². The van der Waals surface area contributed by atoms with E-state index in [0.717, 1.165) is 65.1 Å². The van der Waals surface area contributed by atoms with Crippen LogP contribution in [0, 0.1) is 0 Å². The number of primary amides is 1. The Labute approximate surface area is 213 Å². The molecule has 1 amide bonds. The smallest absolute Gasteiger partial charge is 0.222 e. The summed E-state index contributed by atoms with van der Waals surface area (Å²) in [6.07, 6.45) is 3.59. The first-order valence-electron chi connectivity index (χ1n) is 11.6. The molecule has 1 saturated heterocycles. The minimum atomic E-state index is -0.403. The molecule has 0 radical (unpaired) electrons. The van der Waals surface area contributed by atoms with Gasteiger partial charge in [0.1, 0.15) is 17.5 Å². The molecule has 0 bridgehead atoms. The molecule has 2 N–H and O–H groups in total. The molecule has 4 heterocycles. The first-order valence-corrected chi connectivity index (χ1v) is 12.8. The van der Waals surface area contributed by atoms with Crippen molar-refractivity contribution >= 4 is 34.5 Å². The fourth-order valence-corrected chi connectivity index (χ4v) is 5.77. The van der Waals surface area contributed by atoms with Gasteiger partial charge in [0.2, 0.25) is 5.91 Å². The maximum absolute atomic E-state index is 11.8. The highest BCUT2D eigenvalue weighted by Gasteiger charge is 2.20. The third-order valence-corrected chi connectivity index (χ3v) is 7.56. The number of carbonyl (C=O) groups excluding carboxylic acids is 1. The molecular weight excluding hydrogens is 484 g/mol. The monoisotopic (exact) mass is 510 g/mol. The van der Waals surface area contributed by atoms with Crippen LogP contribution in [-0.4, -0.2) is 46.5 Å². The lowest BCUT2D eigenvalue weighted by Gasteiger charge is -2.27. The quantitative estimate of drug-likeness (QED) is 0.371. The molecule has 3 aromatic heterocycles. The maximum Gasteiger partial charge on any atom is 0.222 e. The summed E-state index contributed by atoms with van der Waals surface area (Å²) in [7, 11) is 0. The van der Waals surface area contributed by atoms with E-state index in [4.69, 9.17) is 26.8 Å². The minimum Gasteiger partial charge on any atom is -0.485 e. The Hall–Kier alpha value is -2.91. The maximum atomic E-state index is 11.8. The lowest BCUT2D eigenvalue weighted by Crippen LogP contribution is -2.35. The zero-order valence-electron chi connectivity index (χ0n) is 19.4. The average Bonchev–Trinajstić information content (AvgIpc) is 3.43. The van der Waals surface area contributed by atoms with Gasteiger partial charge < -0.3 is 15.2 Å². The normalized spacial score (nSPS) is 15.4. The molecule has 0 saturated carbocycles. The number of nitrogens with two attached hydrogens (primary N) is 1. The van der Waals surface area contributed by atoms with Gasteiger partial charge in [0.15, 0.2) is 0 Å². The number of pyridine rings is 1. The van der Waals surface area contributed by atoms with E-state index in [0.29, 0.717) is 10.8 Å². The molecule has 182 valence electrons. The second kappa shape index (κ2) is 10.4. The van der Waals surface area contributed by atoms with Gasteiger partial charge in [0, 0.05) is 42.5 Å². The zero-order valence-corrected chi connectivity index (χ0v) is 21.0. The van der Waals surface area contributed by atoms with Crippen molar-refractivity contribution in [3.05, 3.63) is 75.9 Å². The Morgan fingerprint density at radius 3 is 2.86 bits per heavy atom. The van der Waals surface area contributed by atoms with Crippen molar-refractivity contribution < 1.29 is 14.3 Å². The number of carbonyl (C=O) groups is 1. The van der Waals surface area contributed by atoms with E-state index in [1.54, 1.807) is 0 Å². The first kappa shape index (κ1) is 23.8. The van der Waals surface area contributed by atoms with Crippen LogP contribution < -0.4 is 10.5 Å². The number of nitrogens with zero attached hydrogens (tertiary/aromatic N) is 3. The van der Waals surface area contributed by atoms with E-state index in [-0.39, 0.29) is 12.5 Å². The van der Waals surface area contributed by atoms with Crippen LogP contribution in [0.4, 0.5) is 0 Å². The van der Waals surface area contributed by atoms with Crippen molar-refractivity contribution in [1.82, 2.24) is 14.3 Å². The van der Waals surface area contributed by atoms with Crippen LogP contribution >= 0.6 is 22.9 Å². The molecule has 35 heavy (non-hydrogen) atoms. The number of ether oxygens (including phenoxy) is 2. The number of amides is 1. The van der Waals surface area contributed by atoms with Gasteiger partial charge in [-0.25, -0.2) is 4.98 Å². The van der Waals surface area contributed by atoms with E-state index in [2.05, 4.69) is 16.0 Å². The Morgan fingerprint density at radius 1 is 1.26 bits per heavy atom. The van der Waals surface area contributed by atoms with Crippen LogP contribution in [0.2, 0.25) is 5.02 Å². The second-order valence-corrected chi connectivity index (χ2v) is 10.2. The van der Waals surface area contributed by atoms with E-state index in [1.807, 2.05) is 60.1 Å². The van der Waals surface area contributed by atoms with Crippen LogP contribution in [0.15, 0.2) is 54.9 Å². The fourth-order valence-electron chi connectivity index (χ4n) is 4.30. The topological polar surface area (TPSA) is 82.1 Å². The van der Waals surface area contributed by atoms with E-state index in [9.17, 15) is 4.79 Å². The summed E-state index contributed by atoms with van der Waals surface area (Å²) < 4.78 is 13.8. The van der Waals surface area contributed by atoms with Crippen LogP contribution in [0.1, 0.15) is 29.0 Å². The van der Waals surface area contributed by atoms with Gasteiger partial charge in [-0.3, -0.25) is 14.1 Å². The van der Waals surface area contributed by atoms with Gasteiger partial charge in [-0.15, -0.1) is 11.3 Å². The van der Waals surface area contributed by atoms with E-state index >= 15 is 0 Å². The number of imidazole rings is 1. The average molecular weight is 511 g/mol. The summed E-state index contributed by atoms with van der Waals surface area (Å²) in [6, 6.07) is 13.9. The molecule has 9 heteroatoms. The molecule has 1 atom stereocenters. The van der Waals surface area contributed by atoms with Crippen molar-refractivity contribution in [3.63, 3.8) is 0 Å². The molecule has 1 aromatic carbocycles. The van der Waals surface area contributed by atoms with E-state index in [1.165, 1.54) is 11.3 Å². The number of rotatable bonds is 8. The molecule has 5 rings (SSSR count). The van der Waals surface area contributed by atoms with Crippen LogP contribution in [0.3, 0.4) is 0 Å². The number of thiophene rings is 1. The fraction of sp³-hybridized carbons (Fsp3) is 0.308. The Morgan fingerprint density at radius 2 is 2.09 bits per heavy atom. The number of fused-ring (bicyclic) bond motifs is 1. The van der Waals surface area contributed by atoms with Gasteiger partial charge in [0.25, 0.3) is 0 Å². The standard InChI is InChI=1S/C26H27ClN4O3S/c1-17(19-6-5-18(12-20(19)27)16-30-8-10-33-11-9-30)34-22-13-23(35-24(22)14-25(28)32)21-15-29-26-4-2-3-7-31(21)26/h2-7,12-13,15,17H,8-11,14,16H2,1H3,(H2,28,32). The molecule has 0 aliphatic carbocycles. The van der Waals surface area contributed by atoms with Crippen molar-refractivity contribution in [2.24, 2.45) is 5.73 Å². The summed E-state index contributed by atoms with van der Waals surface area (Å²) in [4.78, 5) is 20.3. The zero-order chi connectivity index (χ0) is 24.4. The number of morpholine rings is 1. The third kappa shape index (κ3) is 5.36. The number of halogens is 1. The van der Waals surface area contributed by atoms with Crippen molar-refractivity contribution in [2.75, 3.05) is 26.3 Å². The second-order valence-electron chi connectivity index (χ2n) is 8.62. The molecule has 4 aromatic rings. The van der Waals surface area contributed by atoms with Crippen molar-refractivity contribution in [2.45, 2.75) is 26.0 Å². The molecule has 1 fully saturated rings. The molecule has 1 aliphatic rings. The predicted molar refractivity (Wildman–Crippen MR) is 138 cm³/mol. The summed E-state index contributed by atoms with van der Waals surface area (Å²) in [5.41, 5.74) is 9.37. The Balaban J connectivity index is 1.38. The van der Waals surface area contributed by atoms with Gasteiger partial charge in [-0.1, -0.05) is 29.8 Å². The van der Waals surface area contributed by atoms with Crippen molar-refractivity contribution in [3.8, 4) is 16.3 Å². The number of aromatic nitrogens is 2. The lowest BCUT2D eigenvalue weighted by atomic mass is 10.1. The summed E-state index contributed by atoms with van der Waals surface area (Å²) in [5.74, 6) is 0.232. The molecule has 7 nitrogen and oxygen atoms in total. The predicted octanol–water partition coefficient (Wildman–Crippen LogP) is 4.72. The number of hydrogen-bond donors (Lipinski definition) is 1. The number of benzene rings is 1. The highest BCUT2D eigenvalue weighted by atomic mass is 35.5. The first-order chi connectivity index (χ1) is 17.0. The van der Waals surface area contributed by atoms with Gasteiger partial charge in [0.05, 0.1) is 41.3 Å². The Bertz CT molecular complexity index is 1350. The lowest BCUT2D eigenvalue weighted by molar-refractivity contribution is -0.117. The van der Waals surface area contributed by atoms with Gasteiger partial charge >= 0.3 is 0 Å². The summed E-state index contributed by atoms with van der Waals surface area (Å²) in [6.45, 7) is 6.18. The largest absolute Gasteiger partial charge is 0.485 e. The molecular formula is C26H27ClN4O3S. The summed E-state index contributed by atoms with van der Waals surface area (Å²) >= 11 is 8.17. The summed E-state index contributed by atoms with van der Waals surface area (Å²) in [5, 5.41) is 0.664. The highest BCUT2D eigenvalue weighted by molar-refractivity contribution is 7.15. The number of hydrogen-bond acceptors (Lipinski definition) is 6. The van der Waals surface area contributed by atoms with E-state index < -0.39 is 5.91 Å². The SMILES string of the molecule is CC(Oc1cc(-c2cnc3ccccn23)sc1CC(N)=O)c1ccc(CN2CCOCC2)cc1Cl. The molecule has 1 unspecified atom stereocenters. The van der Waals surface area contributed by atoms with Crippen molar-refractivity contribution in [1.29, 1.82) is 0 Å². The van der Waals surface area contributed by atoms with Gasteiger partial charge in [-0.2, -0.15) is 0 Å². The Kier molecular flexibility index (Phi) is 7.06.